The van der Waals surface area contributed by atoms with Gasteiger partial charge in [0.15, 0.2) is 0 Å². The minimum atomic E-state index is -0.912. The molecule has 2 heteroatoms. The maximum atomic E-state index is 4.28. The fourth-order valence-electron chi connectivity index (χ4n) is 1.84. The predicted molar refractivity (Wildman–Crippen MR) is 53.7 cm³/mol. The minimum absolute atomic E-state index is 0.912. The van der Waals surface area contributed by atoms with Crippen molar-refractivity contribution in [3.63, 3.8) is 0 Å². The highest BCUT2D eigenvalue weighted by molar-refractivity contribution is 7.09. The molecule has 0 aromatic rings. The van der Waals surface area contributed by atoms with Crippen LogP contribution in [0.1, 0.15) is 0 Å². The van der Waals surface area contributed by atoms with Crippen LogP contribution in [0.15, 0.2) is 11.4 Å². The summed E-state index contributed by atoms with van der Waals surface area (Å²) in [5.41, 5.74) is 0. The van der Waals surface area contributed by atoms with Gasteiger partial charge in [-0.05, 0) is 0 Å². The first kappa shape index (κ1) is 8.27. The van der Waals surface area contributed by atoms with Gasteiger partial charge < -0.3 is 0 Å². The zero-order valence-electron chi connectivity index (χ0n) is 7.62. The van der Waals surface area contributed by atoms with E-state index in [1.165, 1.54) is 12.1 Å². The summed E-state index contributed by atoms with van der Waals surface area (Å²) < 4.78 is 0. The summed E-state index contributed by atoms with van der Waals surface area (Å²) in [5.74, 6) is 0. The Bertz CT molecular complexity index is 150. The van der Waals surface area contributed by atoms with E-state index < -0.39 is 16.1 Å². The summed E-state index contributed by atoms with van der Waals surface area (Å²) in [6.45, 7) is 14.2. The summed E-state index contributed by atoms with van der Waals surface area (Å²) in [7, 11) is -1.82. The van der Waals surface area contributed by atoms with Crippen LogP contribution < -0.4 is 0 Å². The Labute approximate surface area is 66.4 Å². The lowest BCUT2D eigenvalue weighted by molar-refractivity contribution is 1.35. The van der Waals surface area contributed by atoms with Crippen molar-refractivity contribution in [1.29, 1.82) is 0 Å². The van der Waals surface area contributed by atoms with E-state index in [4.69, 9.17) is 0 Å². The molecule has 0 bridgehead atoms. The van der Waals surface area contributed by atoms with E-state index in [0.29, 0.717) is 0 Å². The summed E-state index contributed by atoms with van der Waals surface area (Å²) in [6.07, 6.45) is 0. The molecule has 0 nitrogen and oxygen atoms in total. The van der Waals surface area contributed by atoms with Crippen LogP contribution in [0.5, 0.6) is 0 Å². The molecule has 1 saturated heterocycles. The number of rotatable bonds is 0. The van der Waals surface area contributed by atoms with E-state index in [1.54, 1.807) is 4.82 Å². The van der Waals surface area contributed by atoms with Crippen molar-refractivity contribution in [2.24, 2.45) is 0 Å². The molecule has 1 fully saturated rings. The third-order valence-electron chi connectivity index (χ3n) is 3.01. The highest BCUT2D eigenvalue weighted by atomic mass is 28.4. The molecule has 1 aliphatic rings. The van der Waals surface area contributed by atoms with Crippen LogP contribution in [0.2, 0.25) is 38.3 Å². The van der Waals surface area contributed by atoms with Gasteiger partial charge in [-0.25, -0.2) is 0 Å². The number of hydrogen-bond acceptors (Lipinski definition) is 0. The Balaban J connectivity index is 2.88. The topological polar surface area (TPSA) is 0 Å². The third-order valence-corrected chi connectivity index (χ3v) is 13.8. The Morgan fingerprint density at radius 2 is 1.30 bits per heavy atom. The van der Waals surface area contributed by atoms with Gasteiger partial charge in [0.25, 0.3) is 0 Å². The average Bonchev–Trinajstić information content (AvgIpc) is 1.95. The quantitative estimate of drug-likeness (QED) is 0.490. The molecule has 0 amide bonds. The van der Waals surface area contributed by atoms with Gasteiger partial charge in [-0.15, -0.1) is 6.58 Å². The maximum Gasteiger partial charge on any atom is 0.0702 e. The molecule has 0 unspecified atom stereocenters. The first-order valence-corrected chi connectivity index (χ1v) is 10.5. The van der Waals surface area contributed by atoms with Crippen molar-refractivity contribution < 1.29 is 0 Å². The van der Waals surface area contributed by atoms with Crippen LogP contribution in [0.25, 0.3) is 0 Å². The molecule has 0 radical (unpaired) electrons. The second kappa shape index (κ2) is 2.08. The second-order valence-electron chi connectivity index (χ2n) is 4.75. The van der Waals surface area contributed by atoms with Crippen molar-refractivity contribution >= 4 is 16.1 Å². The molecule has 1 rings (SSSR count). The molecule has 58 valence electrons. The maximum absolute atomic E-state index is 4.28. The molecule has 1 aliphatic heterocycles. The number of hydrogen-bond donors (Lipinski definition) is 0. The molecule has 0 atom stereocenters. The highest BCUT2D eigenvalue weighted by Gasteiger charge is 2.42. The van der Waals surface area contributed by atoms with E-state index in [9.17, 15) is 0 Å². The summed E-state index contributed by atoms with van der Waals surface area (Å²) in [6, 6.07) is 3.01. The van der Waals surface area contributed by atoms with E-state index in [2.05, 4.69) is 32.8 Å². The Morgan fingerprint density at radius 3 is 1.40 bits per heavy atom. The van der Waals surface area contributed by atoms with Gasteiger partial charge in [0, 0.05) is 0 Å². The monoisotopic (exact) mass is 170 g/mol. The van der Waals surface area contributed by atoms with Crippen LogP contribution in [-0.2, 0) is 0 Å². The van der Waals surface area contributed by atoms with Gasteiger partial charge in [0.2, 0.25) is 0 Å². The fourth-order valence-corrected chi connectivity index (χ4v) is 15.5. The van der Waals surface area contributed by atoms with Gasteiger partial charge in [-0.3, -0.25) is 0 Å². The van der Waals surface area contributed by atoms with Gasteiger partial charge in [-0.1, -0.05) is 43.1 Å². The van der Waals surface area contributed by atoms with Gasteiger partial charge in [0.1, 0.15) is 0 Å². The summed E-state index contributed by atoms with van der Waals surface area (Å²) in [4.78, 5) is 1.71. The molecule has 0 spiro atoms. The van der Waals surface area contributed by atoms with Crippen LogP contribution in [-0.4, -0.2) is 16.1 Å². The minimum Gasteiger partial charge on any atom is -0.108 e. The van der Waals surface area contributed by atoms with Crippen LogP contribution in [0.3, 0.4) is 0 Å². The van der Waals surface area contributed by atoms with E-state index in [1.807, 2.05) is 0 Å². The first-order chi connectivity index (χ1) is 4.36. The summed E-state index contributed by atoms with van der Waals surface area (Å²) in [5, 5.41) is 0. The SMILES string of the molecule is C=C1[Si](C)(C)CC[Si]1(C)C. The Hall–Kier alpha value is 0.174. The average molecular weight is 170 g/mol. The Kier molecular flexibility index (Phi) is 1.72. The molecule has 0 aromatic heterocycles. The third kappa shape index (κ3) is 1.14. The lowest BCUT2D eigenvalue weighted by atomic mass is 10.9. The molecule has 0 N–H and O–H groups in total. The molecule has 0 saturated carbocycles. The largest absolute Gasteiger partial charge is 0.108 e. The van der Waals surface area contributed by atoms with Crippen LogP contribution in [0, 0.1) is 0 Å². The van der Waals surface area contributed by atoms with E-state index in [-0.39, 0.29) is 0 Å². The van der Waals surface area contributed by atoms with Crippen LogP contribution >= 0.6 is 0 Å². The van der Waals surface area contributed by atoms with Crippen LogP contribution in [0.4, 0.5) is 0 Å². The first-order valence-electron chi connectivity index (χ1n) is 4.06. The molecule has 10 heavy (non-hydrogen) atoms. The molecule has 0 aromatic carbocycles. The Morgan fingerprint density at radius 1 is 1.00 bits per heavy atom. The van der Waals surface area contributed by atoms with E-state index >= 15 is 0 Å². The highest BCUT2D eigenvalue weighted by Crippen LogP contribution is 2.39. The van der Waals surface area contributed by atoms with Crippen molar-refractivity contribution in [1.82, 2.24) is 0 Å². The van der Waals surface area contributed by atoms with Gasteiger partial charge in [-0.2, -0.15) is 0 Å². The smallest absolute Gasteiger partial charge is 0.0702 e. The standard InChI is InChI=1S/C8H18Si2/c1-8-9(2,3)6-7-10(8,4)5/h1,6-7H2,2-5H3. The normalized spacial score (nSPS) is 29.0. The van der Waals surface area contributed by atoms with E-state index in [0.717, 1.165) is 0 Å². The molecular weight excluding hydrogens is 152 g/mol. The van der Waals surface area contributed by atoms with Crippen molar-refractivity contribution in [3.8, 4) is 0 Å². The summed E-state index contributed by atoms with van der Waals surface area (Å²) >= 11 is 0. The zero-order chi connectivity index (χ0) is 7.99. The van der Waals surface area contributed by atoms with Gasteiger partial charge in [0.05, 0.1) is 16.1 Å². The molecule has 0 aliphatic carbocycles. The van der Waals surface area contributed by atoms with Gasteiger partial charge >= 0.3 is 0 Å². The zero-order valence-corrected chi connectivity index (χ0v) is 9.62. The molecule has 1 heterocycles. The lowest BCUT2D eigenvalue weighted by Crippen LogP contribution is -2.33. The lowest BCUT2D eigenvalue weighted by Gasteiger charge is -2.23. The van der Waals surface area contributed by atoms with Crippen molar-refractivity contribution in [2.75, 3.05) is 0 Å². The molecular formula is C8H18Si2. The second-order valence-corrected chi connectivity index (χ2v) is 15.0. The fraction of sp³-hybridized carbons (Fsp3) is 0.750. The van der Waals surface area contributed by atoms with Crippen molar-refractivity contribution in [3.05, 3.63) is 11.4 Å². The predicted octanol–water partition coefficient (Wildman–Crippen LogP) is 3.05. The van der Waals surface area contributed by atoms with Crippen molar-refractivity contribution in [2.45, 2.75) is 38.3 Å².